The Morgan fingerprint density at radius 1 is 1.31 bits per heavy atom. The number of nitrogens with two attached hydrogens (primary N) is 1. The molecule has 0 aromatic rings. The first kappa shape index (κ1) is 9.85. The van der Waals surface area contributed by atoms with Crippen LogP contribution in [0.5, 0.6) is 0 Å². The summed E-state index contributed by atoms with van der Waals surface area (Å²) in [5, 5.41) is 0. The van der Waals surface area contributed by atoms with E-state index in [1.807, 2.05) is 0 Å². The largest absolute Gasteiger partial charge is 0.330 e. The van der Waals surface area contributed by atoms with Gasteiger partial charge in [0.25, 0.3) is 0 Å². The van der Waals surface area contributed by atoms with Crippen molar-refractivity contribution in [3.05, 3.63) is 0 Å². The summed E-state index contributed by atoms with van der Waals surface area (Å²) >= 11 is 2.16. The van der Waals surface area contributed by atoms with E-state index in [1.54, 1.807) is 0 Å². The predicted molar refractivity (Wildman–Crippen MR) is 60.0 cm³/mol. The fourth-order valence-corrected chi connectivity index (χ4v) is 4.35. The monoisotopic (exact) mass is 199 g/mol. The summed E-state index contributed by atoms with van der Waals surface area (Å²) in [6.45, 7) is 0.904. The van der Waals surface area contributed by atoms with Crippen LogP contribution in [0, 0.1) is 11.3 Å². The second kappa shape index (κ2) is 4.22. The van der Waals surface area contributed by atoms with Gasteiger partial charge in [0.15, 0.2) is 0 Å². The minimum absolute atomic E-state index is 0.697. The number of rotatable bonds is 3. The summed E-state index contributed by atoms with van der Waals surface area (Å²) < 4.78 is 0. The van der Waals surface area contributed by atoms with Crippen LogP contribution >= 0.6 is 11.8 Å². The molecule has 1 saturated heterocycles. The highest BCUT2D eigenvalue weighted by atomic mass is 32.2. The lowest BCUT2D eigenvalue weighted by Gasteiger charge is -2.49. The smallest absolute Gasteiger partial charge is 0.00338 e. The first-order valence-electron chi connectivity index (χ1n) is 5.65. The molecule has 0 radical (unpaired) electrons. The van der Waals surface area contributed by atoms with Crippen LogP contribution in [0.15, 0.2) is 0 Å². The maximum Gasteiger partial charge on any atom is -0.00338 e. The Bertz CT molecular complexity index is 159. The standard InChI is InChI=1S/C11H21NS/c12-7-6-11(4-2-5-11)10-3-1-8-13-9-10/h10H,1-9,12H2. The zero-order valence-electron chi connectivity index (χ0n) is 8.43. The minimum atomic E-state index is 0.697. The Kier molecular flexibility index (Phi) is 3.20. The third-order valence-corrected chi connectivity index (χ3v) is 5.23. The number of hydrogen-bond donors (Lipinski definition) is 1. The van der Waals surface area contributed by atoms with Crippen molar-refractivity contribution in [2.45, 2.75) is 38.5 Å². The maximum absolute atomic E-state index is 5.72. The van der Waals surface area contributed by atoms with E-state index >= 15 is 0 Å². The highest BCUT2D eigenvalue weighted by Gasteiger charge is 2.43. The van der Waals surface area contributed by atoms with Crippen LogP contribution in [0.3, 0.4) is 0 Å². The zero-order chi connectivity index (χ0) is 9.15. The van der Waals surface area contributed by atoms with Gasteiger partial charge < -0.3 is 5.73 Å². The van der Waals surface area contributed by atoms with Gasteiger partial charge in [0.2, 0.25) is 0 Å². The van der Waals surface area contributed by atoms with Gasteiger partial charge >= 0.3 is 0 Å². The van der Waals surface area contributed by atoms with Gasteiger partial charge in [-0.2, -0.15) is 11.8 Å². The summed E-state index contributed by atoms with van der Waals surface area (Å²) in [5.41, 5.74) is 6.42. The molecule has 1 atom stereocenters. The molecule has 2 N–H and O–H groups in total. The van der Waals surface area contributed by atoms with Crippen molar-refractivity contribution in [3.8, 4) is 0 Å². The molecule has 1 aliphatic carbocycles. The van der Waals surface area contributed by atoms with Gasteiger partial charge in [-0.05, 0) is 61.5 Å². The summed E-state index contributed by atoms with van der Waals surface area (Å²) in [6.07, 6.45) is 8.61. The van der Waals surface area contributed by atoms with Crippen molar-refractivity contribution in [2.24, 2.45) is 17.1 Å². The lowest BCUT2D eigenvalue weighted by Crippen LogP contribution is -2.41. The molecule has 1 unspecified atom stereocenters. The van der Waals surface area contributed by atoms with Crippen molar-refractivity contribution in [3.63, 3.8) is 0 Å². The van der Waals surface area contributed by atoms with Crippen LogP contribution in [0.25, 0.3) is 0 Å². The molecule has 13 heavy (non-hydrogen) atoms. The molecular weight excluding hydrogens is 178 g/mol. The molecule has 0 spiro atoms. The van der Waals surface area contributed by atoms with Crippen LogP contribution in [0.2, 0.25) is 0 Å². The molecule has 1 heterocycles. The van der Waals surface area contributed by atoms with Gasteiger partial charge in [-0.15, -0.1) is 0 Å². The Morgan fingerprint density at radius 3 is 2.62 bits per heavy atom. The second-order valence-corrected chi connectivity index (χ2v) is 5.82. The Balaban J connectivity index is 1.93. The highest BCUT2D eigenvalue weighted by molar-refractivity contribution is 7.99. The molecule has 1 saturated carbocycles. The molecule has 2 rings (SSSR count). The van der Waals surface area contributed by atoms with E-state index in [9.17, 15) is 0 Å². The Hall–Kier alpha value is 0.310. The quantitative estimate of drug-likeness (QED) is 0.756. The molecule has 0 aromatic heterocycles. The molecular formula is C11H21NS. The van der Waals surface area contributed by atoms with E-state index in [-0.39, 0.29) is 0 Å². The van der Waals surface area contributed by atoms with Crippen LogP contribution in [-0.2, 0) is 0 Å². The van der Waals surface area contributed by atoms with Crippen molar-refractivity contribution < 1.29 is 0 Å². The summed E-state index contributed by atoms with van der Waals surface area (Å²) in [4.78, 5) is 0. The molecule has 0 amide bonds. The number of hydrogen-bond acceptors (Lipinski definition) is 2. The van der Waals surface area contributed by atoms with Crippen molar-refractivity contribution >= 4 is 11.8 Å². The zero-order valence-corrected chi connectivity index (χ0v) is 9.24. The fourth-order valence-electron chi connectivity index (χ4n) is 3.00. The van der Waals surface area contributed by atoms with E-state index in [2.05, 4.69) is 11.8 Å². The fraction of sp³-hybridized carbons (Fsp3) is 1.00. The highest BCUT2D eigenvalue weighted by Crippen LogP contribution is 2.53. The average Bonchev–Trinajstić information content (AvgIpc) is 2.13. The van der Waals surface area contributed by atoms with Crippen LogP contribution in [0.1, 0.15) is 38.5 Å². The number of thioether (sulfide) groups is 1. The van der Waals surface area contributed by atoms with Crippen molar-refractivity contribution in [1.82, 2.24) is 0 Å². The molecule has 0 aromatic carbocycles. The average molecular weight is 199 g/mol. The summed E-state index contributed by atoms with van der Waals surface area (Å²) in [7, 11) is 0. The van der Waals surface area contributed by atoms with Gasteiger partial charge in [-0.25, -0.2) is 0 Å². The Labute approximate surface area is 85.8 Å². The second-order valence-electron chi connectivity index (χ2n) is 4.67. The van der Waals surface area contributed by atoms with E-state index in [0.717, 1.165) is 12.5 Å². The van der Waals surface area contributed by atoms with Crippen LogP contribution < -0.4 is 5.73 Å². The molecule has 2 aliphatic rings. The first-order valence-corrected chi connectivity index (χ1v) is 6.81. The normalized spacial score (nSPS) is 32.5. The molecule has 0 bridgehead atoms. The molecule has 1 nitrogen and oxygen atoms in total. The molecule has 76 valence electrons. The molecule has 2 fully saturated rings. The van der Waals surface area contributed by atoms with E-state index in [1.165, 1.54) is 50.0 Å². The van der Waals surface area contributed by atoms with Crippen LogP contribution in [-0.4, -0.2) is 18.1 Å². The van der Waals surface area contributed by atoms with Crippen molar-refractivity contribution in [2.75, 3.05) is 18.1 Å². The van der Waals surface area contributed by atoms with Crippen LogP contribution in [0.4, 0.5) is 0 Å². The third-order valence-electron chi connectivity index (χ3n) is 4.02. The lowest BCUT2D eigenvalue weighted by atomic mass is 9.59. The molecule has 1 aliphatic heterocycles. The SMILES string of the molecule is NCCC1(C2CCCSC2)CCC1. The van der Waals surface area contributed by atoms with E-state index in [4.69, 9.17) is 5.73 Å². The summed E-state index contributed by atoms with van der Waals surface area (Å²) in [5.74, 6) is 3.82. The maximum atomic E-state index is 5.72. The van der Waals surface area contributed by atoms with Gasteiger partial charge in [0, 0.05) is 0 Å². The van der Waals surface area contributed by atoms with Gasteiger partial charge in [0.05, 0.1) is 0 Å². The lowest BCUT2D eigenvalue weighted by molar-refractivity contribution is 0.0467. The first-order chi connectivity index (χ1) is 6.37. The van der Waals surface area contributed by atoms with E-state index in [0.29, 0.717) is 5.41 Å². The van der Waals surface area contributed by atoms with Gasteiger partial charge in [-0.3, -0.25) is 0 Å². The third kappa shape index (κ3) is 1.89. The predicted octanol–water partition coefficient (Wildman–Crippen LogP) is 2.65. The minimum Gasteiger partial charge on any atom is -0.330 e. The molecule has 2 heteroatoms. The Morgan fingerprint density at radius 2 is 2.15 bits per heavy atom. The van der Waals surface area contributed by atoms with Crippen molar-refractivity contribution in [1.29, 1.82) is 0 Å². The summed E-state index contributed by atoms with van der Waals surface area (Å²) in [6, 6.07) is 0. The topological polar surface area (TPSA) is 26.0 Å². The van der Waals surface area contributed by atoms with Gasteiger partial charge in [-0.1, -0.05) is 6.42 Å². The van der Waals surface area contributed by atoms with E-state index < -0.39 is 0 Å². The van der Waals surface area contributed by atoms with Gasteiger partial charge in [0.1, 0.15) is 0 Å².